The van der Waals surface area contributed by atoms with Gasteiger partial charge in [-0.3, -0.25) is 0 Å². The van der Waals surface area contributed by atoms with Crippen LogP contribution in [0.4, 0.5) is 8.78 Å². The van der Waals surface area contributed by atoms with E-state index in [0.717, 1.165) is 0 Å². The van der Waals surface area contributed by atoms with Crippen LogP contribution in [0.5, 0.6) is 0 Å². The second-order valence-electron chi connectivity index (χ2n) is 1.63. The maximum Gasteiger partial charge on any atom is 0.306 e. The number of rotatable bonds is 2. The minimum atomic E-state index is -2.93. The molecule has 0 radical (unpaired) electrons. The van der Waals surface area contributed by atoms with Crippen molar-refractivity contribution in [1.29, 1.82) is 0 Å². The van der Waals surface area contributed by atoms with Crippen molar-refractivity contribution < 1.29 is 13.9 Å². The van der Waals surface area contributed by atoms with Crippen molar-refractivity contribution in [2.45, 2.75) is 11.8 Å². The molecule has 0 aliphatic carbocycles. The first-order valence-electron chi connectivity index (χ1n) is 2.16. The van der Waals surface area contributed by atoms with E-state index in [0.29, 0.717) is 0 Å². The zero-order chi connectivity index (χ0) is 6.78. The van der Waals surface area contributed by atoms with Gasteiger partial charge < -0.3 is 5.11 Å². The predicted octanol–water partition coefficient (Wildman–Crippen LogP) is 1.60. The van der Waals surface area contributed by atoms with Crippen LogP contribution in [0.1, 0.15) is 6.92 Å². The van der Waals surface area contributed by atoms with Crippen molar-refractivity contribution in [3.05, 3.63) is 0 Å². The van der Waals surface area contributed by atoms with Gasteiger partial charge in [-0.15, -0.1) is 0 Å². The third kappa shape index (κ3) is 2.57. The standard InChI is InChI=1S/C4H7BrF2O/c1-3(2-8)4(5,6)7/h3,8H,2H2,1H3. The summed E-state index contributed by atoms with van der Waals surface area (Å²) in [6, 6.07) is 0. The van der Waals surface area contributed by atoms with Crippen molar-refractivity contribution in [2.24, 2.45) is 5.92 Å². The van der Waals surface area contributed by atoms with Crippen LogP contribution in [0.3, 0.4) is 0 Å². The lowest BCUT2D eigenvalue weighted by atomic mass is 10.2. The van der Waals surface area contributed by atoms with Gasteiger partial charge in [0.05, 0.1) is 12.5 Å². The fraction of sp³-hybridized carbons (Fsp3) is 1.00. The monoisotopic (exact) mass is 188 g/mol. The van der Waals surface area contributed by atoms with Crippen molar-refractivity contribution >= 4 is 15.9 Å². The average Bonchev–Trinajstić information content (AvgIpc) is 1.62. The number of halogens is 3. The Hall–Kier alpha value is 0.300. The maximum absolute atomic E-state index is 11.9. The number of alkyl halides is 3. The summed E-state index contributed by atoms with van der Waals surface area (Å²) >= 11 is 2.11. The first kappa shape index (κ1) is 8.30. The van der Waals surface area contributed by atoms with E-state index in [9.17, 15) is 8.78 Å². The van der Waals surface area contributed by atoms with Gasteiger partial charge in [0, 0.05) is 0 Å². The summed E-state index contributed by atoms with van der Waals surface area (Å²) in [5.74, 6) is -1.01. The van der Waals surface area contributed by atoms with Gasteiger partial charge in [0.2, 0.25) is 0 Å². The lowest BCUT2D eigenvalue weighted by molar-refractivity contribution is 0.0247. The zero-order valence-corrected chi connectivity index (χ0v) is 5.95. The Balaban J connectivity index is 3.62. The molecule has 0 saturated heterocycles. The molecule has 0 saturated carbocycles. The maximum atomic E-state index is 11.9. The van der Waals surface area contributed by atoms with E-state index < -0.39 is 17.4 Å². The smallest absolute Gasteiger partial charge is 0.306 e. The van der Waals surface area contributed by atoms with Gasteiger partial charge in [0.15, 0.2) is 0 Å². The summed E-state index contributed by atoms with van der Waals surface area (Å²) in [7, 11) is 0. The molecule has 1 N–H and O–H groups in total. The highest BCUT2D eigenvalue weighted by Gasteiger charge is 2.31. The van der Waals surface area contributed by atoms with Crippen LogP contribution in [-0.2, 0) is 0 Å². The summed E-state index contributed by atoms with van der Waals surface area (Å²) in [6.07, 6.45) is 0. The van der Waals surface area contributed by atoms with E-state index in [4.69, 9.17) is 5.11 Å². The Kier molecular flexibility index (Phi) is 2.83. The lowest BCUT2D eigenvalue weighted by Gasteiger charge is -2.13. The molecule has 1 nitrogen and oxygen atoms in total. The highest BCUT2D eigenvalue weighted by Crippen LogP contribution is 2.30. The second-order valence-corrected chi connectivity index (χ2v) is 2.68. The topological polar surface area (TPSA) is 20.2 Å². The van der Waals surface area contributed by atoms with Crippen LogP contribution < -0.4 is 0 Å². The first-order valence-corrected chi connectivity index (χ1v) is 2.95. The van der Waals surface area contributed by atoms with E-state index >= 15 is 0 Å². The normalized spacial score (nSPS) is 16.1. The number of aliphatic hydroxyl groups excluding tert-OH is 1. The van der Waals surface area contributed by atoms with Gasteiger partial charge in [0.1, 0.15) is 0 Å². The second kappa shape index (κ2) is 2.73. The van der Waals surface area contributed by atoms with Gasteiger partial charge in [0.25, 0.3) is 0 Å². The first-order chi connectivity index (χ1) is 3.48. The molecule has 0 aromatic carbocycles. The molecular weight excluding hydrogens is 182 g/mol. The largest absolute Gasteiger partial charge is 0.396 e. The molecule has 0 aliphatic heterocycles. The minimum absolute atomic E-state index is 0.502. The van der Waals surface area contributed by atoms with Crippen LogP contribution in [0.15, 0.2) is 0 Å². The molecule has 0 aromatic rings. The van der Waals surface area contributed by atoms with Gasteiger partial charge in [-0.2, -0.15) is 8.78 Å². The van der Waals surface area contributed by atoms with Crippen LogP contribution in [0.2, 0.25) is 0 Å². The van der Waals surface area contributed by atoms with Crippen LogP contribution >= 0.6 is 15.9 Å². The molecule has 1 unspecified atom stereocenters. The van der Waals surface area contributed by atoms with Gasteiger partial charge in [-0.25, -0.2) is 0 Å². The van der Waals surface area contributed by atoms with Crippen LogP contribution in [0, 0.1) is 5.92 Å². The number of hydrogen-bond acceptors (Lipinski definition) is 1. The molecule has 0 heterocycles. The SMILES string of the molecule is CC(CO)C(F)(F)Br. The summed E-state index contributed by atoms with van der Waals surface area (Å²) in [5.41, 5.74) is 0. The zero-order valence-electron chi connectivity index (χ0n) is 4.37. The van der Waals surface area contributed by atoms with E-state index in [-0.39, 0.29) is 0 Å². The number of hydrogen-bond donors (Lipinski definition) is 1. The Morgan fingerprint density at radius 2 is 2.12 bits per heavy atom. The van der Waals surface area contributed by atoms with Crippen LogP contribution in [-0.4, -0.2) is 16.5 Å². The molecule has 1 atom stereocenters. The minimum Gasteiger partial charge on any atom is -0.396 e. The third-order valence-electron chi connectivity index (χ3n) is 0.833. The van der Waals surface area contributed by atoms with Crippen molar-refractivity contribution in [1.82, 2.24) is 0 Å². The third-order valence-corrected chi connectivity index (χ3v) is 1.61. The summed E-state index contributed by atoms with van der Waals surface area (Å²) in [4.78, 5) is -2.93. The molecular formula is C4H7BrF2O. The van der Waals surface area contributed by atoms with Gasteiger partial charge in [-0.1, -0.05) is 6.92 Å². The quantitative estimate of drug-likeness (QED) is 0.654. The fourth-order valence-corrected chi connectivity index (χ4v) is 0.248. The molecule has 4 heteroatoms. The van der Waals surface area contributed by atoms with Gasteiger partial charge in [-0.05, 0) is 15.9 Å². The Morgan fingerprint density at radius 1 is 1.75 bits per heavy atom. The predicted molar refractivity (Wildman–Crippen MR) is 30.1 cm³/mol. The molecule has 8 heavy (non-hydrogen) atoms. The van der Waals surface area contributed by atoms with Crippen molar-refractivity contribution in [3.8, 4) is 0 Å². The van der Waals surface area contributed by atoms with E-state index in [1.54, 1.807) is 0 Å². The molecule has 0 aliphatic rings. The molecule has 50 valence electrons. The summed E-state index contributed by atoms with van der Waals surface area (Å²) in [6.45, 7) is 0.757. The Bertz CT molecular complexity index is 70.9. The van der Waals surface area contributed by atoms with E-state index in [1.807, 2.05) is 0 Å². The van der Waals surface area contributed by atoms with Gasteiger partial charge >= 0.3 is 4.83 Å². The highest BCUT2D eigenvalue weighted by atomic mass is 79.9. The van der Waals surface area contributed by atoms with E-state index in [2.05, 4.69) is 15.9 Å². The molecule has 0 amide bonds. The van der Waals surface area contributed by atoms with Crippen molar-refractivity contribution in [2.75, 3.05) is 6.61 Å². The molecule has 0 spiro atoms. The summed E-state index contributed by atoms with van der Waals surface area (Å²) < 4.78 is 23.7. The lowest BCUT2D eigenvalue weighted by Crippen LogP contribution is -2.20. The molecule has 0 rings (SSSR count). The molecule has 0 aromatic heterocycles. The summed E-state index contributed by atoms with van der Waals surface area (Å²) in [5, 5.41) is 8.16. The van der Waals surface area contributed by atoms with Crippen LogP contribution in [0.25, 0.3) is 0 Å². The number of aliphatic hydroxyl groups is 1. The van der Waals surface area contributed by atoms with Crippen molar-refractivity contribution in [3.63, 3.8) is 0 Å². The Labute approximate surface area is 54.8 Å². The fourth-order valence-electron chi connectivity index (χ4n) is 0.104. The average molecular weight is 189 g/mol. The highest BCUT2D eigenvalue weighted by molar-refractivity contribution is 9.10. The Morgan fingerprint density at radius 3 is 2.12 bits per heavy atom. The van der Waals surface area contributed by atoms with E-state index in [1.165, 1.54) is 6.92 Å². The molecule has 0 bridgehead atoms. The molecule has 0 fully saturated rings.